The second-order valence-corrected chi connectivity index (χ2v) is 4.15. The van der Waals surface area contributed by atoms with Gasteiger partial charge in [-0.1, -0.05) is 12.1 Å². The Morgan fingerprint density at radius 3 is 3.06 bits per heavy atom. The number of aromatic nitrogens is 1. The van der Waals surface area contributed by atoms with Crippen LogP contribution in [0.25, 0.3) is 11.1 Å². The number of rotatable bonds is 2. The van der Waals surface area contributed by atoms with E-state index in [1.54, 1.807) is 4.90 Å². The second kappa shape index (κ2) is 3.76. The van der Waals surface area contributed by atoms with E-state index in [0.29, 0.717) is 24.6 Å². The third-order valence-electron chi connectivity index (χ3n) is 3.07. The molecule has 0 radical (unpaired) electrons. The Hall–Kier alpha value is -2.04. The van der Waals surface area contributed by atoms with Crippen LogP contribution in [0.1, 0.15) is 12.8 Å². The van der Waals surface area contributed by atoms with Crippen molar-refractivity contribution in [3.05, 3.63) is 24.3 Å². The highest BCUT2D eigenvalue weighted by atomic mass is 16.4. The van der Waals surface area contributed by atoms with E-state index in [9.17, 15) is 4.79 Å². The van der Waals surface area contributed by atoms with Crippen molar-refractivity contribution in [2.75, 3.05) is 11.4 Å². The summed E-state index contributed by atoms with van der Waals surface area (Å²) in [6, 6.07) is 7.34. The number of benzene rings is 1. The molecule has 0 spiro atoms. The Kier molecular flexibility index (Phi) is 2.24. The monoisotopic (exact) mass is 232 g/mol. The van der Waals surface area contributed by atoms with E-state index in [1.165, 1.54) is 0 Å². The lowest BCUT2D eigenvalue weighted by Crippen LogP contribution is -2.36. The van der Waals surface area contributed by atoms with Crippen LogP contribution < -0.4 is 4.90 Å². The molecule has 1 N–H and O–H groups in total. The first kappa shape index (κ1) is 10.1. The van der Waals surface area contributed by atoms with Gasteiger partial charge in [-0.2, -0.15) is 4.98 Å². The van der Waals surface area contributed by atoms with Crippen molar-refractivity contribution < 1.29 is 14.3 Å². The maximum atomic E-state index is 11.1. The minimum Gasteiger partial charge on any atom is -0.480 e. The summed E-state index contributed by atoms with van der Waals surface area (Å²) in [6.45, 7) is 0.684. The fourth-order valence-corrected chi connectivity index (χ4v) is 2.24. The van der Waals surface area contributed by atoms with Gasteiger partial charge in [0.15, 0.2) is 5.58 Å². The number of anilines is 1. The summed E-state index contributed by atoms with van der Waals surface area (Å²) in [4.78, 5) is 17.1. The van der Waals surface area contributed by atoms with Gasteiger partial charge in [0, 0.05) is 6.54 Å². The lowest BCUT2D eigenvalue weighted by Gasteiger charge is -2.18. The fourth-order valence-electron chi connectivity index (χ4n) is 2.24. The van der Waals surface area contributed by atoms with E-state index in [0.717, 1.165) is 11.9 Å². The molecule has 1 aromatic heterocycles. The molecular weight excluding hydrogens is 220 g/mol. The highest BCUT2D eigenvalue weighted by molar-refractivity contribution is 5.79. The van der Waals surface area contributed by atoms with Crippen LogP contribution in [0.3, 0.4) is 0 Å². The van der Waals surface area contributed by atoms with Crippen LogP contribution in [0.5, 0.6) is 0 Å². The van der Waals surface area contributed by atoms with Gasteiger partial charge in [0.25, 0.3) is 6.01 Å². The van der Waals surface area contributed by atoms with Gasteiger partial charge in [-0.05, 0) is 25.0 Å². The lowest BCUT2D eigenvalue weighted by molar-refractivity contribution is -0.138. The van der Waals surface area contributed by atoms with Crippen molar-refractivity contribution >= 4 is 23.1 Å². The molecule has 1 atom stereocenters. The molecule has 2 aromatic rings. The molecular formula is C12H12N2O3. The molecule has 1 fully saturated rings. The van der Waals surface area contributed by atoms with E-state index >= 15 is 0 Å². The molecule has 2 heterocycles. The predicted molar refractivity (Wildman–Crippen MR) is 62.0 cm³/mol. The summed E-state index contributed by atoms with van der Waals surface area (Å²) in [5, 5.41) is 9.11. The SMILES string of the molecule is O=C(O)C1CCCN1c1nc2ccccc2o1. The number of carbonyl (C=O) groups is 1. The number of nitrogens with zero attached hydrogens (tertiary/aromatic N) is 2. The summed E-state index contributed by atoms with van der Waals surface area (Å²) in [7, 11) is 0. The first-order chi connectivity index (χ1) is 8.25. The summed E-state index contributed by atoms with van der Waals surface area (Å²) in [6.07, 6.45) is 1.50. The molecule has 0 aliphatic carbocycles. The number of para-hydroxylation sites is 2. The molecule has 1 aromatic carbocycles. The van der Waals surface area contributed by atoms with Crippen LogP contribution in [-0.4, -0.2) is 28.6 Å². The zero-order valence-electron chi connectivity index (χ0n) is 9.17. The number of carboxylic acids is 1. The summed E-state index contributed by atoms with van der Waals surface area (Å²) >= 11 is 0. The Morgan fingerprint density at radius 2 is 2.29 bits per heavy atom. The van der Waals surface area contributed by atoms with Gasteiger partial charge >= 0.3 is 5.97 Å². The molecule has 1 aliphatic rings. The van der Waals surface area contributed by atoms with Gasteiger partial charge in [-0.3, -0.25) is 0 Å². The van der Waals surface area contributed by atoms with Gasteiger partial charge in [-0.15, -0.1) is 0 Å². The zero-order valence-corrected chi connectivity index (χ0v) is 9.17. The average molecular weight is 232 g/mol. The first-order valence-corrected chi connectivity index (χ1v) is 5.61. The largest absolute Gasteiger partial charge is 0.480 e. The normalized spacial score (nSPS) is 20.0. The highest BCUT2D eigenvalue weighted by Gasteiger charge is 2.33. The third kappa shape index (κ3) is 1.63. The fraction of sp³-hybridized carbons (Fsp3) is 0.333. The highest BCUT2D eigenvalue weighted by Crippen LogP contribution is 2.28. The molecule has 0 bridgehead atoms. The molecule has 1 aliphatic heterocycles. The van der Waals surface area contributed by atoms with Gasteiger partial charge in [-0.25, -0.2) is 4.79 Å². The molecule has 0 saturated carbocycles. The van der Waals surface area contributed by atoms with Crippen LogP contribution in [-0.2, 0) is 4.79 Å². The number of fused-ring (bicyclic) bond motifs is 1. The van der Waals surface area contributed by atoms with Crippen LogP contribution in [0.4, 0.5) is 6.01 Å². The summed E-state index contributed by atoms with van der Waals surface area (Å²) in [5.74, 6) is -0.815. The Morgan fingerprint density at radius 1 is 1.47 bits per heavy atom. The molecule has 5 heteroatoms. The van der Waals surface area contributed by atoms with Crippen molar-refractivity contribution in [2.45, 2.75) is 18.9 Å². The molecule has 1 unspecified atom stereocenters. The molecule has 0 amide bonds. The van der Waals surface area contributed by atoms with Gasteiger partial charge in [0.05, 0.1) is 0 Å². The minimum absolute atomic E-state index is 0.413. The van der Waals surface area contributed by atoms with E-state index in [-0.39, 0.29) is 0 Å². The Bertz CT molecular complexity index is 531. The van der Waals surface area contributed by atoms with Crippen molar-refractivity contribution in [1.29, 1.82) is 0 Å². The number of aliphatic carboxylic acids is 1. The van der Waals surface area contributed by atoms with Gasteiger partial charge in [0.1, 0.15) is 11.6 Å². The number of hydrogen-bond acceptors (Lipinski definition) is 4. The van der Waals surface area contributed by atoms with Crippen molar-refractivity contribution in [2.24, 2.45) is 0 Å². The predicted octanol–water partition coefficient (Wildman–Crippen LogP) is 1.88. The summed E-state index contributed by atoms with van der Waals surface area (Å²) in [5.41, 5.74) is 1.46. The van der Waals surface area contributed by atoms with Crippen LogP contribution in [0, 0.1) is 0 Å². The zero-order chi connectivity index (χ0) is 11.8. The van der Waals surface area contributed by atoms with E-state index < -0.39 is 12.0 Å². The van der Waals surface area contributed by atoms with E-state index in [2.05, 4.69) is 4.98 Å². The van der Waals surface area contributed by atoms with Crippen molar-refractivity contribution in [3.63, 3.8) is 0 Å². The molecule has 5 nitrogen and oxygen atoms in total. The minimum atomic E-state index is -0.815. The molecule has 17 heavy (non-hydrogen) atoms. The van der Waals surface area contributed by atoms with Crippen molar-refractivity contribution in [1.82, 2.24) is 4.98 Å². The van der Waals surface area contributed by atoms with Crippen LogP contribution in [0.15, 0.2) is 28.7 Å². The van der Waals surface area contributed by atoms with Gasteiger partial charge in [0.2, 0.25) is 0 Å². The van der Waals surface area contributed by atoms with Crippen molar-refractivity contribution in [3.8, 4) is 0 Å². The maximum absolute atomic E-state index is 11.1. The number of carboxylic acid groups (broad SMARTS) is 1. The number of oxazole rings is 1. The standard InChI is InChI=1S/C12H12N2O3/c15-11(16)9-5-3-7-14(9)12-13-8-4-1-2-6-10(8)17-12/h1-2,4,6,9H,3,5,7H2,(H,15,16). The lowest BCUT2D eigenvalue weighted by atomic mass is 10.2. The number of hydrogen-bond donors (Lipinski definition) is 1. The van der Waals surface area contributed by atoms with E-state index in [1.807, 2.05) is 24.3 Å². The first-order valence-electron chi connectivity index (χ1n) is 5.61. The van der Waals surface area contributed by atoms with Crippen LogP contribution >= 0.6 is 0 Å². The Labute approximate surface area is 97.7 Å². The molecule has 1 saturated heterocycles. The quantitative estimate of drug-likeness (QED) is 0.856. The summed E-state index contributed by atoms with van der Waals surface area (Å²) < 4.78 is 5.58. The molecule has 88 valence electrons. The smallest absolute Gasteiger partial charge is 0.326 e. The average Bonchev–Trinajstić information content (AvgIpc) is 2.95. The molecule has 3 rings (SSSR count). The Balaban J connectivity index is 2.00. The van der Waals surface area contributed by atoms with E-state index in [4.69, 9.17) is 9.52 Å². The third-order valence-corrected chi connectivity index (χ3v) is 3.07. The van der Waals surface area contributed by atoms with Gasteiger partial charge < -0.3 is 14.4 Å². The topological polar surface area (TPSA) is 66.6 Å². The van der Waals surface area contributed by atoms with Crippen LogP contribution in [0.2, 0.25) is 0 Å². The maximum Gasteiger partial charge on any atom is 0.326 e. The second-order valence-electron chi connectivity index (χ2n) is 4.15.